The van der Waals surface area contributed by atoms with E-state index in [1.807, 2.05) is 22.7 Å². The van der Waals surface area contributed by atoms with Gasteiger partial charge in [0.2, 0.25) is 0 Å². The summed E-state index contributed by atoms with van der Waals surface area (Å²) in [5.41, 5.74) is 12.8. The average Bonchev–Trinajstić information content (AvgIpc) is 3.95. The third-order valence-corrected chi connectivity index (χ3v) is 13.2. The molecule has 1 aliphatic carbocycles. The quantitative estimate of drug-likeness (QED) is 0.186. The highest BCUT2D eigenvalue weighted by atomic mass is 32.1. The summed E-state index contributed by atoms with van der Waals surface area (Å²) < 4.78 is 2.55. The number of nitrogens with zero attached hydrogens (tertiary/aromatic N) is 4. The summed E-state index contributed by atoms with van der Waals surface area (Å²) in [5.74, 6) is 0.905. The van der Waals surface area contributed by atoms with E-state index in [0.717, 1.165) is 49.8 Å². The fraction of sp³-hybridized carbons (Fsp3) is 0.0444. The number of fused-ring (bicyclic) bond motifs is 12. The second kappa shape index (κ2) is 10.3. The Morgan fingerprint density at radius 2 is 1.35 bits per heavy atom. The second-order valence-corrected chi connectivity index (χ2v) is 15.6. The van der Waals surface area contributed by atoms with E-state index in [1.165, 1.54) is 53.1 Å². The lowest BCUT2D eigenvalue weighted by Gasteiger charge is -2.26. The van der Waals surface area contributed by atoms with E-state index in [-0.39, 0.29) is 12.0 Å². The van der Waals surface area contributed by atoms with Crippen LogP contribution >= 0.6 is 22.7 Å². The molecule has 4 nitrogen and oxygen atoms in total. The summed E-state index contributed by atoms with van der Waals surface area (Å²) in [4.78, 5) is 19.8. The van der Waals surface area contributed by atoms with E-state index >= 15 is 0 Å². The van der Waals surface area contributed by atoms with Gasteiger partial charge in [0.05, 0.1) is 22.9 Å². The lowest BCUT2D eigenvalue weighted by molar-refractivity contribution is 0.768. The van der Waals surface area contributed by atoms with Crippen LogP contribution in [0, 0.1) is 0 Å². The summed E-state index contributed by atoms with van der Waals surface area (Å²) in [5, 5.41) is 4.69. The van der Waals surface area contributed by atoms with Gasteiger partial charge in [0.1, 0.15) is 5.01 Å². The molecular formula is C45H26N4S2. The highest BCUT2D eigenvalue weighted by molar-refractivity contribution is 7.26. The van der Waals surface area contributed by atoms with Crippen molar-refractivity contribution in [3.05, 3.63) is 161 Å². The molecule has 0 fully saturated rings. The molecule has 0 N–H and O–H groups in total. The molecule has 0 radical (unpaired) electrons. The van der Waals surface area contributed by atoms with E-state index in [4.69, 9.17) is 15.0 Å². The minimum atomic E-state index is 0.157. The van der Waals surface area contributed by atoms with Crippen LogP contribution in [-0.4, -0.2) is 21.0 Å². The van der Waals surface area contributed by atoms with Gasteiger partial charge in [-0.1, -0.05) is 103 Å². The first-order chi connectivity index (χ1) is 25.3. The van der Waals surface area contributed by atoms with Gasteiger partial charge in [0.25, 0.3) is 0 Å². The average molecular weight is 687 g/mol. The topological polar surface area (TPSA) is 41.9 Å². The number of hydrogen-bond acceptors (Lipinski definition) is 6. The molecule has 0 saturated carbocycles. The number of anilines is 2. The Balaban J connectivity index is 1.07. The number of thiophene rings is 1. The molecule has 0 saturated heterocycles. The van der Waals surface area contributed by atoms with Crippen molar-refractivity contribution in [3.8, 4) is 33.2 Å². The molecule has 6 aromatic carbocycles. The minimum absolute atomic E-state index is 0.157. The molecule has 5 heterocycles. The molecule has 3 aromatic heterocycles. The van der Waals surface area contributed by atoms with Gasteiger partial charge < -0.3 is 4.90 Å². The zero-order chi connectivity index (χ0) is 33.2. The maximum absolute atomic E-state index is 5.42. The third-order valence-electron chi connectivity index (χ3n) is 10.8. The minimum Gasteiger partial charge on any atom is -0.332 e. The van der Waals surface area contributed by atoms with Gasteiger partial charge in [-0.2, -0.15) is 0 Å². The van der Waals surface area contributed by atoms with Crippen molar-refractivity contribution in [1.82, 2.24) is 15.0 Å². The summed E-state index contributed by atoms with van der Waals surface area (Å²) in [6.07, 6.45) is 2.35. The number of rotatable bonds is 3. The number of aromatic nitrogens is 3. The SMILES string of the molecule is C1=C2c3ccccc3N3c4ccc(-c5nc(-c6cccc7c6sc6ccccc67)c6ccccc6n5)cc4C(c4sc(-c5ccccc5)nc41)C23. The highest BCUT2D eigenvalue weighted by Gasteiger charge is 2.51. The molecular weight excluding hydrogens is 661 g/mol. The third kappa shape index (κ3) is 3.86. The van der Waals surface area contributed by atoms with Gasteiger partial charge >= 0.3 is 0 Å². The molecule has 3 aliphatic rings. The molecule has 2 aliphatic heterocycles. The molecule has 6 heteroatoms. The smallest absolute Gasteiger partial charge is 0.160 e. The van der Waals surface area contributed by atoms with Crippen LogP contribution in [0.1, 0.15) is 27.6 Å². The van der Waals surface area contributed by atoms with Crippen LogP contribution in [0.15, 0.2) is 140 Å². The first kappa shape index (κ1) is 27.8. The van der Waals surface area contributed by atoms with Gasteiger partial charge in [-0.15, -0.1) is 22.7 Å². The molecule has 51 heavy (non-hydrogen) atoms. The zero-order valence-corrected chi connectivity index (χ0v) is 28.7. The van der Waals surface area contributed by atoms with Gasteiger partial charge in [-0.25, -0.2) is 15.0 Å². The molecule has 9 aromatic rings. The van der Waals surface area contributed by atoms with Gasteiger partial charge in [0, 0.05) is 70.0 Å². The van der Waals surface area contributed by atoms with E-state index in [9.17, 15) is 0 Å². The first-order valence-corrected chi connectivity index (χ1v) is 18.9. The molecule has 0 amide bonds. The number of thiazole rings is 1. The Morgan fingerprint density at radius 1 is 0.569 bits per heavy atom. The molecule has 0 bridgehead atoms. The van der Waals surface area contributed by atoms with Gasteiger partial charge in [0.15, 0.2) is 5.82 Å². The monoisotopic (exact) mass is 686 g/mol. The fourth-order valence-corrected chi connectivity index (χ4v) is 11.0. The lowest BCUT2D eigenvalue weighted by Crippen LogP contribution is -2.28. The van der Waals surface area contributed by atoms with Crippen molar-refractivity contribution < 1.29 is 0 Å². The molecule has 12 rings (SSSR count). The summed E-state index contributed by atoms with van der Waals surface area (Å²) in [6, 6.07) is 50.2. The van der Waals surface area contributed by atoms with Crippen molar-refractivity contribution in [2.24, 2.45) is 0 Å². The Labute approximate surface area is 301 Å². The van der Waals surface area contributed by atoms with E-state index in [2.05, 4.69) is 151 Å². The van der Waals surface area contributed by atoms with Crippen LogP contribution in [0.4, 0.5) is 11.4 Å². The normalized spacial score (nSPS) is 16.7. The van der Waals surface area contributed by atoms with Crippen molar-refractivity contribution in [2.75, 3.05) is 4.90 Å². The van der Waals surface area contributed by atoms with Crippen molar-refractivity contribution in [2.45, 2.75) is 12.0 Å². The van der Waals surface area contributed by atoms with Gasteiger partial charge in [-0.05, 0) is 53.6 Å². The maximum atomic E-state index is 5.42. The Morgan fingerprint density at radius 3 is 2.29 bits per heavy atom. The fourth-order valence-electron chi connectivity index (χ4n) is 8.63. The number of para-hydroxylation sites is 2. The van der Waals surface area contributed by atoms with E-state index in [1.54, 1.807) is 0 Å². The molecule has 2 unspecified atom stereocenters. The van der Waals surface area contributed by atoms with E-state index in [0.29, 0.717) is 0 Å². The first-order valence-electron chi connectivity index (χ1n) is 17.3. The summed E-state index contributed by atoms with van der Waals surface area (Å²) >= 11 is 3.67. The van der Waals surface area contributed by atoms with Crippen LogP contribution < -0.4 is 4.90 Å². The number of hydrogen-bond donors (Lipinski definition) is 0. The molecule has 238 valence electrons. The summed E-state index contributed by atoms with van der Waals surface area (Å²) in [7, 11) is 0. The van der Waals surface area contributed by atoms with Crippen molar-refractivity contribution in [1.29, 1.82) is 0 Å². The maximum Gasteiger partial charge on any atom is 0.160 e. The highest BCUT2D eigenvalue weighted by Crippen LogP contribution is 2.62. The second-order valence-electron chi connectivity index (χ2n) is 13.5. The van der Waals surface area contributed by atoms with Gasteiger partial charge in [-0.3, -0.25) is 0 Å². The summed E-state index contributed by atoms with van der Waals surface area (Å²) in [6.45, 7) is 0. The zero-order valence-electron chi connectivity index (χ0n) is 27.1. The predicted molar refractivity (Wildman–Crippen MR) is 213 cm³/mol. The van der Waals surface area contributed by atoms with Crippen LogP contribution in [-0.2, 0) is 0 Å². The van der Waals surface area contributed by atoms with Crippen LogP contribution in [0.25, 0.3) is 75.9 Å². The molecule has 2 atom stereocenters. The van der Waals surface area contributed by atoms with Crippen LogP contribution in [0.5, 0.6) is 0 Å². The van der Waals surface area contributed by atoms with Crippen molar-refractivity contribution in [3.63, 3.8) is 0 Å². The lowest BCUT2D eigenvalue weighted by atomic mass is 9.82. The Hall–Kier alpha value is -5.95. The predicted octanol–water partition coefficient (Wildman–Crippen LogP) is 12.0. The molecule has 0 spiro atoms. The largest absolute Gasteiger partial charge is 0.332 e. The van der Waals surface area contributed by atoms with Crippen LogP contribution in [0.3, 0.4) is 0 Å². The Bertz CT molecular complexity index is 2960. The van der Waals surface area contributed by atoms with Crippen molar-refractivity contribution >= 4 is 76.8 Å². The number of benzene rings is 6. The van der Waals surface area contributed by atoms with E-state index < -0.39 is 0 Å². The Kier molecular flexibility index (Phi) is 5.62. The van der Waals surface area contributed by atoms with Crippen LogP contribution in [0.2, 0.25) is 0 Å². The standard InChI is InChI=1S/C45H26N4S2/c1-2-11-25(12-3-1)45-47-35-24-32-27-13-5-8-19-36(27)49-37-22-21-26(23-33(37)39(41(32)49)43(35)51-45)44-46-34-18-7-4-15-30(34)40(48-44)31-17-10-16-29-28-14-6-9-20-38(28)50-42(29)31/h1-24,39,41H.